The molecule has 1 heterocycles. The zero-order valence-electron chi connectivity index (χ0n) is 10.9. The van der Waals surface area contributed by atoms with E-state index in [4.69, 9.17) is 5.73 Å². The molecule has 2 N–H and O–H groups in total. The molecule has 2 unspecified atom stereocenters. The third-order valence-electron chi connectivity index (χ3n) is 3.99. The highest BCUT2D eigenvalue weighted by atomic mass is 16.1. The van der Waals surface area contributed by atoms with Gasteiger partial charge in [0.25, 0.3) is 0 Å². The van der Waals surface area contributed by atoms with Crippen LogP contribution in [-0.4, -0.2) is 16.8 Å². The zero-order valence-corrected chi connectivity index (χ0v) is 10.9. The molecule has 0 radical (unpaired) electrons. The normalized spacial score (nSPS) is 22.8. The summed E-state index contributed by atoms with van der Waals surface area (Å²) in [7, 11) is 0. The molecule has 98 valence electrons. The van der Waals surface area contributed by atoms with E-state index in [1.807, 2.05) is 36.4 Å². The molecule has 1 aromatic heterocycles. The minimum Gasteiger partial charge on any atom is -0.327 e. The van der Waals surface area contributed by atoms with E-state index >= 15 is 0 Å². The van der Waals surface area contributed by atoms with Gasteiger partial charge in [-0.2, -0.15) is 0 Å². The Hall–Kier alpha value is -1.74. The van der Waals surface area contributed by atoms with Crippen LogP contribution in [0, 0.1) is 5.92 Å². The Labute approximate surface area is 112 Å². The van der Waals surface area contributed by atoms with Crippen molar-refractivity contribution >= 4 is 16.7 Å². The van der Waals surface area contributed by atoms with Crippen LogP contribution in [0.4, 0.5) is 0 Å². The van der Waals surface area contributed by atoms with Crippen LogP contribution < -0.4 is 5.73 Å². The maximum absolute atomic E-state index is 12.2. The smallest absolute Gasteiger partial charge is 0.143 e. The van der Waals surface area contributed by atoms with Gasteiger partial charge in [0.15, 0.2) is 0 Å². The summed E-state index contributed by atoms with van der Waals surface area (Å²) in [4.78, 5) is 16.8. The fraction of sp³-hybridized carbons (Fsp3) is 0.375. The maximum Gasteiger partial charge on any atom is 0.143 e. The molecule has 2 aromatic rings. The standard InChI is InChI=1S/C16H18N2O/c17-14-6-3-5-13(14)16(19)10-12-9-8-11-4-1-2-7-15(11)18-12/h1-2,4,7-9,13-14H,3,5-6,10,17H2. The minimum absolute atomic E-state index is 0.0354. The van der Waals surface area contributed by atoms with Crippen molar-refractivity contribution in [3.63, 3.8) is 0 Å². The number of hydrogen-bond donors (Lipinski definition) is 1. The molecule has 1 saturated carbocycles. The molecule has 1 fully saturated rings. The van der Waals surface area contributed by atoms with Crippen molar-refractivity contribution in [3.05, 3.63) is 42.1 Å². The van der Waals surface area contributed by atoms with Gasteiger partial charge >= 0.3 is 0 Å². The van der Waals surface area contributed by atoms with Crippen molar-refractivity contribution in [1.29, 1.82) is 0 Å². The van der Waals surface area contributed by atoms with Crippen LogP contribution in [0.25, 0.3) is 10.9 Å². The second-order valence-corrected chi connectivity index (χ2v) is 5.34. The SMILES string of the molecule is NC1CCCC1C(=O)Cc1ccc2ccccc2n1. The van der Waals surface area contributed by atoms with Crippen molar-refractivity contribution in [2.75, 3.05) is 0 Å². The van der Waals surface area contributed by atoms with Gasteiger partial charge in [-0.3, -0.25) is 9.78 Å². The monoisotopic (exact) mass is 254 g/mol. The summed E-state index contributed by atoms with van der Waals surface area (Å²) >= 11 is 0. The molecule has 1 aromatic carbocycles. The first-order valence-electron chi connectivity index (χ1n) is 6.87. The summed E-state index contributed by atoms with van der Waals surface area (Å²) in [6.45, 7) is 0. The van der Waals surface area contributed by atoms with Crippen molar-refractivity contribution in [3.8, 4) is 0 Å². The summed E-state index contributed by atoms with van der Waals surface area (Å²) < 4.78 is 0. The predicted molar refractivity (Wildman–Crippen MR) is 75.8 cm³/mol. The van der Waals surface area contributed by atoms with Crippen molar-refractivity contribution in [2.24, 2.45) is 11.7 Å². The highest BCUT2D eigenvalue weighted by molar-refractivity contribution is 5.85. The first-order chi connectivity index (χ1) is 9.24. The number of fused-ring (bicyclic) bond motifs is 1. The number of rotatable bonds is 3. The summed E-state index contributed by atoms with van der Waals surface area (Å²) in [5.74, 6) is 0.279. The molecule has 3 nitrogen and oxygen atoms in total. The van der Waals surface area contributed by atoms with Crippen molar-refractivity contribution in [1.82, 2.24) is 4.98 Å². The van der Waals surface area contributed by atoms with Gasteiger partial charge in [-0.15, -0.1) is 0 Å². The van der Waals surface area contributed by atoms with Gasteiger partial charge in [0.05, 0.1) is 5.52 Å². The summed E-state index contributed by atoms with van der Waals surface area (Å²) in [6, 6.07) is 12.0. The Morgan fingerprint density at radius 3 is 2.84 bits per heavy atom. The lowest BCUT2D eigenvalue weighted by molar-refractivity contribution is -0.122. The molecule has 2 atom stereocenters. The Morgan fingerprint density at radius 1 is 1.21 bits per heavy atom. The second kappa shape index (κ2) is 5.10. The third-order valence-corrected chi connectivity index (χ3v) is 3.99. The fourth-order valence-corrected chi connectivity index (χ4v) is 2.90. The number of nitrogens with two attached hydrogens (primary N) is 1. The topological polar surface area (TPSA) is 56.0 Å². The van der Waals surface area contributed by atoms with E-state index in [1.54, 1.807) is 0 Å². The number of ketones is 1. The van der Waals surface area contributed by atoms with E-state index in [2.05, 4.69) is 4.98 Å². The van der Waals surface area contributed by atoms with Crippen LogP contribution in [0.1, 0.15) is 25.0 Å². The fourth-order valence-electron chi connectivity index (χ4n) is 2.90. The number of benzene rings is 1. The van der Waals surface area contributed by atoms with Crippen LogP contribution in [-0.2, 0) is 11.2 Å². The minimum atomic E-state index is 0.0354. The molecule has 0 saturated heterocycles. The molecule has 1 aliphatic rings. The maximum atomic E-state index is 12.2. The Bertz CT molecular complexity index is 608. The third kappa shape index (κ3) is 2.51. The molecule has 0 bridgehead atoms. The highest BCUT2D eigenvalue weighted by Crippen LogP contribution is 2.26. The number of hydrogen-bond acceptors (Lipinski definition) is 3. The Morgan fingerprint density at radius 2 is 2.05 bits per heavy atom. The van der Waals surface area contributed by atoms with Gasteiger partial charge in [-0.05, 0) is 25.0 Å². The molecular weight excluding hydrogens is 236 g/mol. The number of aromatic nitrogens is 1. The number of carbonyl (C=O) groups excluding carboxylic acids is 1. The molecule has 0 aliphatic heterocycles. The summed E-state index contributed by atoms with van der Waals surface area (Å²) in [6.07, 6.45) is 3.39. The van der Waals surface area contributed by atoms with Gasteiger partial charge < -0.3 is 5.73 Å². The summed E-state index contributed by atoms with van der Waals surface area (Å²) in [5, 5.41) is 1.11. The van der Waals surface area contributed by atoms with Crippen LogP contribution in [0.5, 0.6) is 0 Å². The summed E-state index contributed by atoms with van der Waals surface area (Å²) in [5.41, 5.74) is 7.78. The van der Waals surface area contributed by atoms with Crippen molar-refractivity contribution in [2.45, 2.75) is 31.7 Å². The lowest BCUT2D eigenvalue weighted by Gasteiger charge is -2.13. The number of para-hydroxylation sites is 1. The largest absolute Gasteiger partial charge is 0.327 e. The van der Waals surface area contributed by atoms with Crippen molar-refractivity contribution < 1.29 is 4.79 Å². The molecule has 1 aliphatic carbocycles. The second-order valence-electron chi connectivity index (χ2n) is 5.34. The number of pyridine rings is 1. The van der Waals surface area contributed by atoms with E-state index < -0.39 is 0 Å². The molecule has 3 heteroatoms. The average molecular weight is 254 g/mol. The van der Waals surface area contributed by atoms with Crippen LogP contribution >= 0.6 is 0 Å². The molecule has 3 rings (SSSR count). The van der Waals surface area contributed by atoms with E-state index in [9.17, 15) is 4.79 Å². The van der Waals surface area contributed by atoms with Gasteiger partial charge in [-0.25, -0.2) is 0 Å². The first kappa shape index (κ1) is 12.3. The van der Waals surface area contributed by atoms with E-state index in [1.165, 1.54) is 0 Å². The zero-order chi connectivity index (χ0) is 13.2. The molecule has 0 spiro atoms. The van der Waals surface area contributed by atoms with Crippen LogP contribution in [0.3, 0.4) is 0 Å². The molecular formula is C16H18N2O. The highest BCUT2D eigenvalue weighted by Gasteiger charge is 2.29. The predicted octanol–water partition coefficient (Wildman–Crippen LogP) is 2.47. The number of nitrogens with zero attached hydrogens (tertiary/aromatic N) is 1. The van der Waals surface area contributed by atoms with Crippen LogP contribution in [0.15, 0.2) is 36.4 Å². The number of Topliss-reactive ketones (excluding diaryl/α,β-unsaturated/α-hetero) is 1. The van der Waals surface area contributed by atoms with Crippen LogP contribution in [0.2, 0.25) is 0 Å². The molecule has 19 heavy (non-hydrogen) atoms. The van der Waals surface area contributed by atoms with Gasteiger partial charge in [0.2, 0.25) is 0 Å². The quantitative estimate of drug-likeness (QED) is 0.915. The Balaban J connectivity index is 1.79. The van der Waals surface area contributed by atoms with Gasteiger partial charge in [0, 0.05) is 29.5 Å². The lowest BCUT2D eigenvalue weighted by Crippen LogP contribution is -2.31. The average Bonchev–Trinajstić information content (AvgIpc) is 2.85. The van der Waals surface area contributed by atoms with E-state index in [0.717, 1.165) is 35.9 Å². The number of carbonyl (C=O) groups is 1. The van der Waals surface area contributed by atoms with Gasteiger partial charge in [0.1, 0.15) is 5.78 Å². The first-order valence-corrected chi connectivity index (χ1v) is 6.87. The van der Waals surface area contributed by atoms with Gasteiger partial charge in [-0.1, -0.05) is 30.7 Å². The van der Waals surface area contributed by atoms with E-state index in [-0.39, 0.29) is 17.7 Å². The van der Waals surface area contributed by atoms with E-state index in [0.29, 0.717) is 6.42 Å². The molecule has 0 amide bonds. The lowest BCUT2D eigenvalue weighted by atomic mass is 9.95. The Kier molecular flexibility index (Phi) is 3.30.